The van der Waals surface area contributed by atoms with Crippen molar-refractivity contribution in [1.29, 1.82) is 0 Å². The van der Waals surface area contributed by atoms with Crippen LogP contribution in [0.4, 0.5) is 0 Å². The molecule has 0 fully saturated rings. The number of carbonyl (C=O) groups excluding carboxylic acids is 1. The first-order valence-electron chi connectivity index (χ1n) is 4.47. The maximum absolute atomic E-state index is 11.5. The van der Waals surface area contributed by atoms with Crippen molar-refractivity contribution in [3.63, 3.8) is 0 Å². The van der Waals surface area contributed by atoms with Gasteiger partial charge in [-0.05, 0) is 13.0 Å². The normalized spacial score (nSPS) is 10.9. The van der Waals surface area contributed by atoms with Gasteiger partial charge in [0, 0.05) is 12.4 Å². The van der Waals surface area contributed by atoms with E-state index in [1.54, 1.807) is 17.7 Å². The first-order valence-corrected chi connectivity index (χ1v) is 5.23. The van der Waals surface area contributed by atoms with Gasteiger partial charge in [0.25, 0.3) is 0 Å². The maximum Gasteiger partial charge on any atom is 0.163 e. The Kier molecular flexibility index (Phi) is 2.49. The zero-order chi connectivity index (χ0) is 11.2. The number of hydrogen-bond acceptors (Lipinski definition) is 1. The van der Waals surface area contributed by atoms with Crippen molar-refractivity contribution in [2.75, 3.05) is 0 Å². The molecule has 1 heterocycles. The molecule has 0 bridgehead atoms. The van der Waals surface area contributed by atoms with Crippen LogP contribution in [0, 0.1) is 0 Å². The molecule has 2 nitrogen and oxygen atoms in total. The van der Waals surface area contributed by atoms with Gasteiger partial charge >= 0.3 is 0 Å². The van der Waals surface area contributed by atoms with Crippen molar-refractivity contribution in [3.8, 4) is 0 Å². The fourth-order valence-electron chi connectivity index (χ4n) is 1.77. The van der Waals surface area contributed by atoms with Crippen LogP contribution in [0.25, 0.3) is 10.9 Å². The van der Waals surface area contributed by atoms with E-state index >= 15 is 0 Å². The number of nitrogens with zero attached hydrogens (tertiary/aromatic N) is 1. The number of rotatable bonds is 1. The molecule has 0 spiro atoms. The molecular formula is C11H9Cl2NO. The predicted molar refractivity (Wildman–Crippen MR) is 62.9 cm³/mol. The zero-order valence-electron chi connectivity index (χ0n) is 8.34. The van der Waals surface area contributed by atoms with Crippen molar-refractivity contribution < 1.29 is 4.79 Å². The van der Waals surface area contributed by atoms with Gasteiger partial charge in [0.15, 0.2) is 5.78 Å². The third-order valence-corrected chi connectivity index (χ3v) is 3.19. The van der Waals surface area contributed by atoms with Crippen LogP contribution in [0.3, 0.4) is 0 Å². The van der Waals surface area contributed by atoms with Gasteiger partial charge in [-0.2, -0.15) is 0 Å². The Morgan fingerprint density at radius 2 is 2.00 bits per heavy atom. The highest BCUT2D eigenvalue weighted by Crippen LogP contribution is 2.33. The zero-order valence-corrected chi connectivity index (χ0v) is 9.86. The number of hydrogen-bond donors (Lipinski definition) is 0. The number of fused-ring (bicyclic) bond motifs is 1. The molecule has 1 aromatic heterocycles. The van der Waals surface area contributed by atoms with Gasteiger partial charge in [-0.3, -0.25) is 4.79 Å². The first kappa shape index (κ1) is 10.5. The molecule has 0 aliphatic rings. The smallest absolute Gasteiger partial charge is 0.163 e. The summed E-state index contributed by atoms with van der Waals surface area (Å²) in [5.41, 5.74) is 1.34. The number of ketones is 1. The highest BCUT2D eigenvalue weighted by Gasteiger charge is 2.18. The monoisotopic (exact) mass is 241 g/mol. The van der Waals surface area contributed by atoms with E-state index in [0.29, 0.717) is 15.7 Å². The summed E-state index contributed by atoms with van der Waals surface area (Å²) >= 11 is 12.1. The lowest BCUT2D eigenvalue weighted by molar-refractivity contribution is 0.101. The van der Waals surface area contributed by atoms with Crippen molar-refractivity contribution in [1.82, 2.24) is 4.57 Å². The minimum absolute atomic E-state index is 0.0483. The molecule has 0 saturated carbocycles. The first-order chi connectivity index (χ1) is 7.04. The molecule has 0 N–H and O–H groups in total. The SMILES string of the molecule is CC(=O)c1c(Cl)n(C)c2c(Cl)cccc12. The molecule has 0 aliphatic heterocycles. The van der Waals surface area contributed by atoms with Crippen LogP contribution in [0.1, 0.15) is 17.3 Å². The molecule has 4 heteroatoms. The maximum atomic E-state index is 11.5. The van der Waals surface area contributed by atoms with E-state index in [1.165, 1.54) is 6.92 Å². The highest BCUT2D eigenvalue weighted by molar-refractivity contribution is 6.39. The van der Waals surface area contributed by atoms with E-state index in [4.69, 9.17) is 23.2 Å². The largest absolute Gasteiger partial charge is 0.333 e. The van der Waals surface area contributed by atoms with E-state index in [-0.39, 0.29) is 5.78 Å². The average Bonchev–Trinajstić information content (AvgIpc) is 2.41. The lowest BCUT2D eigenvalue weighted by Gasteiger charge is -1.98. The summed E-state index contributed by atoms with van der Waals surface area (Å²) in [5.74, 6) is -0.0483. The Hall–Kier alpha value is -0.990. The Balaban J connectivity index is 3.00. The number of carbonyl (C=O) groups is 1. The van der Waals surface area contributed by atoms with Gasteiger partial charge in [-0.25, -0.2) is 0 Å². The molecule has 1 aromatic carbocycles. The quantitative estimate of drug-likeness (QED) is 0.699. The molecule has 78 valence electrons. The average molecular weight is 242 g/mol. The van der Waals surface area contributed by atoms with Crippen LogP contribution in [-0.4, -0.2) is 10.4 Å². The van der Waals surface area contributed by atoms with Gasteiger partial charge in [0.2, 0.25) is 0 Å². The van der Waals surface area contributed by atoms with Crippen LogP contribution < -0.4 is 0 Å². The van der Waals surface area contributed by atoms with Gasteiger partial charge in [-0.1, -0.05) is 35.3 Å². The molecule has 2 aromatic rings. The number of aryl methyl sites for hydroxylation is 1. The third-order valence-electron chi connectivity index (χ3n) is 2.44. The second kappa shape index (κ2) is 3.54. The summed E-state index contributed by atoms with van der Waals surface area (Å²) < 4.78 is 1.73. The van der Waals surface area contributed by atoms with E-state index in [1.807, 2.05) is 12.1 Å². The molecule has 0 amide bonds. The molecule has 0 atom stereocenters. The second-order valence-corrected chi connectivity index (χ2v) is 4.18. The molecular weight excluding hydrogens is 233 g/mol. The molecule has 0 unspecified atom stereocenters. The summed E-state index contributed by atoms with van der Waals surface area (Å²) in [6, 6.07) is 5.45. The van der Waals surface area contributed by atoms with Gasteiger partial charge in [0.05, 0.1) is 16.1 Å². The Morgan fingerprint density at radius 3 is 2.60 bits per heavy atom. The lowest BCUT2D eigenvalue weighted by atomic mass is 10.1. The van der Waals surface area contributed by atoms with Crippen molar-refractivity contribution >= 4 is 39.9 Å². The van der Waals surface area contributed by atoms with Crippen LogP contribution >= 0.6 is 23.2 Å². The summed E-state index contributed by atoms with van der Waals surface area (Å²) in [5, 5.41) is 1.84. The second-order valence-electron chi connectivity index (χ2n) is 3.42. The summed E-state index contributed by atoms with van der Waals surface area (Å²) in [7, 11) is 1.79. The Morgan fingerprint density at radius 1 is 1.33 bits per heavy atom. The predicted octanol–water partition coefficient (Wildman–Crippen LogP) is 3.69. The van der Waals surface area contributed by atoms with Crippen LogP contribution in [0.5, 0.6) is 0 Å². The molecule has 0 radical (unpaired) electrons. The summed E-state index contributed by atoms with van der Waals surface area (Å²) in [4.78, 5) is 11.5. The van der Waals surface area contributed by atoms with Crippen LogP contribution in [0.15, 0.2) is 18.2 Å². The van der Waals surface area contributed by atoms with E-state index in [9.17, 15) is 4.79 Å². The van der Waals surface area contributed by atoms with E-state index in [2.05, 4.69) is 0 Å². The molecule has 2 rings (SSSR count). The minimum atomic E-state index is -0.0483. The van der Waals surface area contributed by atoms with E-state index in [0.717, 1.165) is 10.9 Å². The third kappa shape index (κ3) is 1.45. The minimum Gasteiger partial charge on any atom is -0.333 e. The molecule has 15 heavy (non-hydrogen) atoms. The fourth-order valence-corrected chi connectivity index (χ4v) is 2.39. The number of halogens is 2. The lowest BCUT2D eigenvalue weighted by Crippen LogP contribution is -1.92. The summed E-state index contributed by atoms with van der Waals surface area (Å²) in [6.45, 7) is 1.50. The topological polar surface area (TPSA) is 22.0 Å². The van der Waals surface area contributed by atoms with Gasteiger partial charge in [0.1, 0.15) is 5.15 Å². The van der Waals surface area contributed by atoms with Crippen molar-refractivity contribution in [2.24, 2.45) is 7.05 Å². The van der Waals surface area contributed by atoms with E-state index < -0.39 is 0 Å². The number of para-hydroxylation sites is 1. The summed E-state index contributed by atoms with van der Waals surface area (Å²) in [6.07, 6.45) is 0. The van der Waals surface area contributed by atoms with Crippen LogP contribution in [-0.2, 0) is 7.05 Å². The van der Waals surface area contributed by atoms with Crippen molar-refractivity contribution in [2.45, 2.75) is 6.92 Å². The number of benzene rings is 1. The van der Waals surface area contributed by atoms with Gasteiger partial charge in [-0.15, -0.1) is 0 Å². The van der Waals surface area contributed by atoms with Gasteiger partial charge < -0.3 is 4.57 Å². The standard InChI is InChI=1S/C11H9Cl2NO/c1-6(15)9-7-4-3-5-8(12)10(7)14(2)11(9)13/h3-5H,1-2H3. The van der Waals surface area contributed by atoms with Crippen molar-refractivity contribution in [3.05, 3.63) is 33.9 Å². The molecule has 0 saturated heterocycles. The molecule has 0 aliphatic carbocycles. The fraction of sp³-hybridized carbons (Fsp3) is 0.182. The highest BCUT2D eigenvalue weighted by atomic mass is 35.5. The Labute approximate surface area is 97.4 Å². The number of Topliss-reactive ketones (excluding diaryl/α,β-unsaturated/α-hetero) is 1. The number of aromatic nitrogens is 1. The Bertz CT molecular complexity index is 557. The van der Waals surface area contributed by atoms with Crippen LogP contribution in [0.2, 0.25) is 10.2 Å².